The van der Waals surface area contributed by atoms with Crippen molar-refractivity contribution < 1.29 is 18.0 Å². The van der Waals surface area contributed by atoms with Crippen LogP contribution < -0.4 is 4.99 Å². The molecule has 5 heteroatoms. The Hall–Kier alpha value is -1.20. The molecule has 0 amide bonds. The number of unbranched alkanes of at least 4 members (excludes halogenated alkanes) is 1. The Morgan fingerprint density at radius 2 is 2.05 bits per heavy atom. The van der Waals surface area contributed by atoms with Crippen molar-refractivity contribution in [1.29, 1.82) is 0 Å². The van der Waals surface area contributed by atoms with E-state index in [0.717, 1.165) is 36.2 Å². The molecule has 0 saturated carbocycles. The highest BCUT2D eigenvalue weighted by Crippen LogP contribution is 2.37. The second-order valence-electron chi connectivity index (χ2n) is 5.35. The first-order valence-electron chi connectivity index (χ1n) is 6.50. The summed E-state index contributed by atoms with van der Waals surface area (Å²) in [5.74, 6) is 0. The molecule has 19 heavy (non-hydrogen) atoms. The zero-order chi connectivity index (χ0) is 14.3. The Morgan fingerprint density at radius 3 is 2.63 bits per heavy atom. The zero-order valence-electron chi connectivity index (χ0n) is 11.5. The summed E-state index contributed by atoms with van der Waals surface area (Å²) in [5, 5.41) is 0. The van der Waals surface area contributed by atoms with Gasteiger partial charge in [-0.3, -0.25) is 0 Å². The van der Waals surface area contributed by atoms with Crippen molar-refractivity contribution in [2.45, 2.75) is 50.3 Å². The maximum Gasteiger partial charge on any atom is 0.207 e. The smallest absolute Gasteiger partial charge is 0.207 e. The number of hydrogen-bond acceptors (Lipinski definition) is 3. The Balaban J connectivity index is 2.52. The van der Waals surface area contributed by atoms with Crippen molar-refractivity contribution in [2.24, 2.45) is 0 Å². The van der Waals surface area contributed by atoms with Crippen molar-refractivity contribution in [1.82, 2.24) is 0 Å². The van der Waals surface area contributed by atoms with E-state index in [1.165, 1.54) is 12.1 Å². The molecule has 0 saturated heterocycles. The summed E-state index contributed by atoms with van der Waals surface area (Å²) in [6, 6.07) is 4.57. The van der Waals surface area contributed by atoms with Crippen molar-refractivity contribution in [3.8, 4) is 0 Å². The molecule has 1 aromatic rings. The fourth-order valence-corrected chi connectivity index (χ4v) is 3.14. The maximum atomic E-state index is 11.2. The lowest BCUT2D eigenvalue weighted by Crippen LogP contribution is -2.65. The SMILES string of the molecule is CCCC[C@@]1(C)C(C)=[NH+]c2ccc(S(=O)(=O)[O-])cc21. The van der Waals surface area contributed by atoms with Crippen LogP contribution in [0.15, 0.2) is 23.1 Å². The lowest BCUT2D eigenvalue weighted by atomic mass is 9.76. The summed E-state index contributed by atoms with van der Waals surface area (Å²) < 4.78 is 33.5. The van der Waals surface area contributed by atoms with Crippen LogP contribution in [0.1, 0.15) is 45.6 Å². The second kappa shape index (κ2) is 4.72. The molecule has 1 aromatic carbocycles. The number of fused-ring (bicyclic) bond motifs is 1. The molecule has 0 fully saturated rings. The molecule has 1 heterocycles. The minimum Gasteiger partial charge on any atom is -0.744 e. The first-order valence-corrected chi connectivity index (χ1v) is 7.91. The minimum atomic E-state index is -4.40. The van der Waals surface area contributed by atoms with Gasteiger partial charge in [-0.1, -0.05) is 19.8 Å². The molecule has 0 radical (unpaired) electrons. The molecule has 0 aromatic heterocycles. The van der Waals surface area contributed by atoms with Gasteiger partial charge in [0.25, 0.3) is 0 Å². The summed E-state index contributed by atoms with van der Waals surface area (Å²) in [6.07, 6.45) is 3.08. The van der Waals surface area contributed by atoms with Gasteiger partial charge in [0, 0.05) is 18.6 Å². The highest BCUT2D eigenvalue weighted by atomic mass is 32.2. The maximum absolute atomic E-state index is 11.2. The van der Waals surface area contributed by atoms with Gasteiger partial charge < -0.3 is 4.55 Å². The van der Waals surface area contributed by atoms with Crippen molar-refractivity contribution in [3.63, 3.8) is 0 Å². The Labute approximate surface area is 114 Å². The molecule has 0 unspecified atom stereocenters. The van der Waals surface area contributed by atoms with Gasteiger partial charge in [0.05, 0.1) is 10.3 Å². The first-order chi connectivity index (χ1) is 8.79. The van der Waals surface area contributed by atoms with Crippen LogP contribution >= 0.6 is 0 Å². The number of hydrogen-bond donors (Lipinski definition) is 1. The van der Waals surface area contributed by atoms with E-state index in [-0.39, 0.29) is 10.3 Å². The fourth-order valence-electron chi connectivity index (χ4n) is 2.64. The molecule has 0 aliphatic carbocycles. The molecule has 1 aliphatic rings. The highest BCUT2D eigenvalue weighted by molar-refractivity contribution is 7.85. The van der Waals surface area contributed by atoms with Crippen molar-refractivity contribution in [2.75, 3.05) is 0 Å². The lowest BCUT2D eigenvalue weighted by molar-refractivity contribution is -0.351. The van der Waals surface area contributed by atoms with Gasteiger partial charge in [0.1, 0.15) is 10.1 Å². The van der Waals surface area contributed by atoms with Gasteiger partial charge in [0.15, 0.2) is 5.71 Å². The Morgan fingerprint density at radius 1 is 1.37 bits per heavy atom. The summed E-state index contributed by atoms with van der Waals surface area (Å²) in [5.41, 5.74) is 2.72. The van der Waals surface area contributed by atoms with Crippen LogP contribution in [0.3, 0.4) is 0 Å². The molecule has 0 bridgehead atoms. The van der Waals surface area contributed by atoms with Gasteiger partial charge in [-0.25, -0.2) is 13.4 Å². The molecule has 2 rings (SSSR count). The standard InChI is InChI=1S/C14H19NO3S/c1-4-5-8-14(3)10(2)15-13-7-6-11(9-12(13)14)19(16,17)18/h6-7,9H,4-5,8H2,1-3H3,(H,16,17,18)/t14-/m0/s1. The van der Waals surface area contributed by atoms with E-state index in [1.807, 2.05) is 6.92 Å². The van der Waals surface area contributed by atoms with Crippen LogP contribution in [-0.4, -0.2) is 18.7 Å². The Kier molecular flexibility index (Phi) is 3.53. The van der Waals surface area contributed by atoms with Gasteiger partial charge >= 0.3 is 0 Å². The third-order valence-electron chi connectivity index (χ3n) is 4.05. The van der Waals surface area contributed by atoms with E-state index in [1.54, 1.807) is 6.07 Å². The summed E-state index contributed by atoms with van der Waals surface area (Å²) in [4.78, 5) is 3.15. The first kappa shape index (κ1) is 14.2. The average Bonchev–Trinajstić information content (AvgIpc) is 2.58. The van der Waals surface area contributed by atoms with Crippen LogP contribution in [-0.2, 0) is 15.5 Å². The van der Waals surface area contributed by atoms with Crippen LogP contribution in [0.25, 0.3) is 0 Å². The van der Waals surface area contributed by atoms with Gasteiger partial charge in [-0.15, -0.1) is 0 Å². The van der Waals surface area contributed by atoms with E-state index < -0.39 is 10.1 Å². The van der Waals surface area contributed by atoms with E-state index in [2.05, 4.69) is 18.8 Å². The molecule has 1 aliphatic heterocycles. The minimum absolute atomic E-state index is 0.148. The van der Waals surface area contributed by atoms with Crippen molar-refractivity contribution in [3.05, 3.63) is 23.8 Å². The van der Waals surface area contributed by atoms with Crippen LogP contribution in [0.2, 0.25) is 0 Å². The van der Waals surface area contributed by atoms with E-state index in [4.69, 9.17) is 0 Å². The lowest BCUT2D eigenvalue weighted by Gasteiger charge is -2.22. The third kappa shape index (κ3) is 2.44. The normalized spacial score (nSPS) is 22.2. The van der Waals surface area contributed by atoms with Crippen molar-refractivity contribution >= 4 is 21.5 Å². The average molecular weight is 281 g/mol. The topological polar surface area (TPSA) is 71.2 Å². The summed E-state index contributed by atoms with van der Waals surface area (Å²) in [6.45, 7) is 6.24. The van der Waals surface area contributed by atoms with Gasteiger partial charge in [0.2, 0.25) is 5.69 Å². The largest absolute Gasteiger partial charge is 0.744 e. The summed E-state index contributed by atoms with van der Waals surface area (Å²) in [7, 11) is -4.40. The fraction of sp³-hybridized carbons (Fsp3) is 0.500. The number of nitrogens with one attached hydrogen (secondary N) is 1. The van der Waals surface area contributed by atoms with E-state index in [9.17, 15) is 13.0 Å². The number of benzene rings is 1. The summed E-state index contributed by atoms with van der Waals surface area (Å²) >= 11 is 0. The van der Waals surface area contributed by atoms with E-state index in [0.29, 0.717) is 0 Å². The van der Waals surface area contributed by atoms with Crippen LogP contribution in [0.4, 0.5) is 5.69 Å². The van der Waals surface area contributed by atoms with E-state index >= 15 is 0 Å². The molecule has 104 valence electrons. The predicted octanol–water partition coefficient (Wildman–Crippen LogP) is 1.23. The predicted molar refractivity (Wildman–Crippen MR) is 72.6 cm³/mol. The molecular formula is C14H19NO3S. The quantitative estimate of drug-likeness (QED) is 0.844. The molecule has 1 N–H and O–H groups in total. The molecule has 0 spiro atoms. The second-order valence-corrected chi connectivity index (χ2v) is 6.73. The molecular weight excluding hydrogens is 262 g/mol. The molecule has 4 nitrogen and oxygen atoms in total. The van der Waals surface area contributed by atoms with Gasteiger partial charge in [-0.05, 0) is 25.5 Å². The van der Waals surface area contributed by atoms with Crippen LogP contribution in [0, 0.1) is 0 Å². The monoisotopic (exact) mass is 281 g/mol. The number of rotatable bonds is 4. The highest BCUT2D eigenvalue weighted by Gasteiger charge is 2.42. The molecule has 1 atom stereocenters. The third-order valence-corrected chi connectivity index (χ3v) is 4.89. The zero-order valence-corrected chi connectivity index (χ0v) is 12.3. The van der Waals surface area contributed by atoms with Crippen LogP contribution in [0.5, 0.6) is 0 Å². The van der Waals surface area contributed by atoms with Gasteiger partial charge in [-0.2, -0.15) is 0 Å². The Bertz CT molecular complexity index is 634.